The van der Waals surface area contributed by atoms with E-state index in [0.29, 0.717) is 16.3 Å². The van der Waals surface area contributed by atoms with Crippen LogP contribution in [0.3, 0.4) is 0 Å². The van der Waals surface area contributed by atoms with Gasteiger partial charge in [0.2, 0.25) is 0 Å². The minimum atomic E-state index is -0.950. The molecule has 0 aliphatic carbocycles. The van der Waals surface area contributed by atoms with Crippen molar-refractivity contribution in [1.82, 2.24) is 10.3 Å². The zero-order chi connectivity index (χ0) is 15.7. The van der Waals surface area contributed by atoms with Crippen LogP contribution in [0, 0.1) is 13.8 Å². The van der Waals surface area contributed by atoms with Crippen LogP contribution in [0.2, 0.25) is 0 Å². The third-order valence-corrected chi connectivity index (χ3v) is 5.16. The van der Waals surface area contributed by atoms with Crippen molar-refractivity contribution in [2.75, 3.05) is 17.7 Å². The van der Waals surface area contributed by atoms with Crippen LogP contribution in [0.5, 0.6) is 0 Å². The molecular weight excluding hydrogens is 306 g/mol. The van der Waals surface area contributed by atoms with Gasteiger partial charge in [0.05, 0.1) is 5.69 Å². The Morgan fingerprint density at radius 2 is 2.19 bits per heavy atom. The summed E-state index contributed by atoms with van der Waals surface area (Å²) in [4.78, 5) is 18.0. The predicted octanol–water partition coefficient (Wildman–Crippen LogP) is 1.99. The van der Waals surface area contributed by atoms with Gasteiger partial charge in [-0.25, -0.2) is 4.98 Å². The number of amides is 1. The highest BCUT2D eigenvalue weighted by atomic mass is 32.2. The Bertz CT molecular complexity index is 725. The van der Waals surface area contributed by atoms with Crippen molar-refractivity contribution in [3.8, 4) is 0 Å². The maximum Gasteiger partial charge on any atom is 0.263 e. The van der Waals surface area contributed by atoms with Crippen molar-refractivity contribution in [3.63, 3.8) is 0 Å². The molecule has 2 heterocycles. The molecule has 7 heteroatoms. The lowest BCUT2D eigenvalue weighted by Crippen LogP contribution is -2.36. The smallest absolute Gasteiger partial charge is 0.263 e. The summed E-state index contributed by atoms with van der Waals surface area (Å²) in [6.07, 6.45) is 1.62. The maximum absolute atomic E-state index is 12.3. The molecular formula is C14H19N3O2S2. The van der Waals surface area contributed by atoms with E-state index in [-0.39, 0.29) is 11.9 Å². The van der Waals surface area contributed by atoms with Crippen molar-refractivity contribution >= 4 is 43.9 Å². The first-order chi connectivity index (χ1) is 9.79. The molecule has 114 valence electrons. The molecule has 0 fully saturated rings. The molecule has 5 nitrogen and oxygen atoms in total. The van der Waals surface area contributed by atoms with Gasteiger partial charge < -0.3 is 11.1 Å². The third kappa shape index (κ3) is 3.41. The average Bonchev–Trinajstić information content (AvgIpc) is 2.65. The summed E-state index contributed by atoms with van der Waals surface area (Å²) >= 11 is 1.30. The molecule has 0 radical (unpaired) electrons. The van der Waals surface area contributed by atoms with E-state index < -0.39 is 10.8 Å². The molecule has 21 heavy (non-hydrogen) atoms. The lowest BCUT2D eigenvalue weighted by molar-refractivity contribution is 0.0948. The number of hydrogen-bond donors (Lipinski definition) is 2. The van der Waals surface area contributed by atoms with Crippen LogP contribution in [0.15, 0.2) is 6.07 Å². The van der Waals surface area contributed by atoms with Crippen LogP contribution in [0.1, 0.15) is 27.9 Å². The van der Waals surface area contributed by atoms with E-state index in [2.05, 4.69) is 10.3 Å². The van der Waals surface area contributed by atoms with Gasteiger partial charge in [-0.05, 0) is 32.4 Å². The third-order valence-electron chi connectivity index (χ3n) is 3.09. The molecule has 2 aromatic rings. The average molecular weight is 325 g/mol. The highest BCUT2D eigenvalue weighted by Crippen LogP contribution is 2.34. The predicted molar refractivity (Wildman–Crippen MR) is 89.4 cm³/mol. The second-order valence-electron chi connectivity index (χ2n) is 5.22. The number of nitrogens with one attached hydrogen (secondary N) is 1. The number of nitrogen functional groups attached to an aromatic ring is 1. The van der Waals surface area contributed by atoms with Crippen LogP contribution in [-0.2, 0) is 10.8 Å². The van der Waals surface area contributed by atoms with E-state index in [1.165, 1.54) is 11.3 Å². The van der Waals surface area contributed by atoms with Gasteiger partial charge in [-0.2, -0.15) is 0 Å². The van der Waals surface area contributed by atoms with Crippen LogP contribution in [-0.4, -0.2) is 33.2 Å². The Morgan fingerprint density at radius 3 is 2.81 bits per heavy atom. The SMILES string of the molecule is Cc1cc(C)c2c(N)c(C(=O)NC(C)CS(C)=O)sc2n1. The standard InChI is InChI=1S/C14H19N3O2S2/c1-7-5-8(2)17-14-10(7)11(15)12(20-14)13(18)16-9(3)6-21(4)19/h5,9H,6,15H2,1-4H3,(H,16,18). The fourth-order valence-corrected chi connectivity index (χ4v) is 4.23. The number of pyridine rings is 1. The number of anilines is 1. The van der Waals surface area contributed by atoms with E-state index in [0.717, 1.165) is 21.5 Å². The van der Waals surface area contributed by atoms with Gasteiger partial charge in [0.1, 0.15) is 9.71 Å². The highest BCUT2D eigenvalue weighted by molar-refractivity contribution is 7.84. The van der Waals surface area contributed by atoms with Gasteiger partial charge in [-0.15, -0.1) is 11.3 Å². The fraction of sp³-hybridized carbons (Fsp3) is 0.429. The maximum atomic E-state index is 12.3. The first kappa shape index (κ1) is 15.9. The summed E-state index contributed by atoms with van der Waals surface area (Å²) in [5.74, 6) is 0.193. The molecule has 0 aromatic carbocycles. The molecule has 2 atom stereocenters. The number of aromatic nitrogens is 1. The number of aryl methyl sites for hydroxylation is 2. The van der Waals surface area contributed by atoms with Crippen molar-refractivity contribution < 1.29 is 9.00 Å². The van der Waals surface area contributed by atoms with Crippen LogP contribution in [0.25, 0.3) is 10.2 Å². The fourth-order valence-electron chi connectivity index (χ4n) is 2.32. The first-order valence-corrected chi connectivity index (χ1v) is 9.11. The molecule has 3 N–H and O–H groups in total. The molecule has 0 aliphatic rings. The number of fused-ring (bicyclic) bond motifs is 1. The Hall–Kier alpha value is -1.47. The Kier molecular flexibility index (Phi) is 4.63. The minimum Gasteiger partial charge on any atom is -0.397 e. The monoisotopic (exact) mass is 325 g/mol. The Morgan fingerprint density at radius 1 is 1.52 bits per heavy atom. The summed E-state index contributed by atoms with van der Waals surface area (Å²) in [6.45, 7) is 5.71. The number of carbonyl (C=O) groups is 1. The first-order valence-electron chi connectivity index (χ1n) is 6.56. The molecule has 0 saturated heterocycles. The minimum absolute atomic E-state index is 0.163. The Balaban J connectivity index is 2.34. The van der Waals surface area contributed by atoms with E-state index in [1.54, 1.807) is 6.26 Å². The molecule has 1 amide bonds. The van der Waals surface area contributed by atoms with Gasteiger partial charge in [0, 0.05) is 39.9 Å². The summed E-state index contributed by atoms with van der Waals surface area (Å²) in [6, 6.07) is 1.79. The van der Waals surface area contributed by atoms with Crippen LogP contribution >= 0.6 is 11.3 Å². The number of nitrogens with zero attached hydrogens (tertiary/aromatic N) is 1. The quantitative estimate of drug-likeness (QED) is 0.900. The summed E-state index contributed by atoms with van der Waals surface area (Å²) in [5.41, 5.74) is 8.52. The van der Waals surface area contributed by atoms with Gasteiger partial charge in [-0.3, -0.25) is 9.00 Å². The van der Waals surface area contributed by atoms with E-state index in [9.17, 15) is 9.00 Å². The topological polar surface area (TPSA) is 85.1 Å². The van der Waals surface area contributed by atoms with Crippen LogP contribution in [0.4, 0.5) is 5.69 Å². The Labute approximate surface area is 130 Å². The molecule has 0 saturated carbocycles. The highest BCUT2D eigenvalue weighted by Gasteiger charge is 2.20. The summed E-state index contributed by atoms with van der Waals surface area (Å²) < 4.78 is 11.2. The van der Waals surface area contributed by atoms with Crippen molar-refractivity contribution in [2.45, 2.75) is 26.8 Å². The van der Waals surface area contributed by atoms with Crippen LogP contribution < -0.4 is 11.1 Å². The van der Waals surface area contributed by atoms with E-state index >= 15 is 0 Å². The second kappa shape index (κ2) is 6.11. The normalized spacial score (nSPS) is 14.1. The zero-order valence-corrected chi connectivity index (χ0v) is 14.2. The lowest BCUT2D eigenvalue weighted by atomic mass is 10.1. The number of thiophene rings is 1. The second-order valence-corrected chi connectivity index (χ2v) is 7.70. The number of nitrogens with two attached hydrogens (primary N) is 1. The van der Waals surface area contributed by atoms with Gasteiger partial charge >= 0.3 is 0 Å². The number of hydrogen-bond acceptors (Lipinski definition) is 5. The molecule has 2 unspecified atom stereocenters. The molecule has 2 aromatic heterocycles. The van der Waals surface area contributed by atoms with Gasteiger partial charge in [0.15, 0.2) is 0 Å². The number of carbonyl (C=O) groups excluding carboxylic acids is 1. The van der Waals surface area contributed by atoms with Crippen molar-refractivity contribution in [3.05, 3.63) is 22.2 Å². The van der Waals surface area contributed by atoms with E-state index in [1.807, 2.05) is 26.8 Å². The summed E-state index contributed by atoms with van der Waals surface area (Å²) in [5, 5.41) is 3.68. The summed E-state index contributed by atoms with van der Waals surface area (Å²) in [7, 11) is -0.950. The lowest BCUT2D eigenvalue weighted by Gasteiger charge is -2.11. The van der Waals surface area contributed by atoms with E-state index in [4.69, 9.17) is 5.73 Å². The molecule has 0 bridgehead atoms. The largest absolute Gasteiger partial charge is 0.397 e. The van der Waals surface area contributed by atoms with Crippen molar-refractivity contribution in [2.24, 2.45) is 0 Å². The molecule has 2 rings (SSSR count). The van der Waals surface area contributed by atoms with Crippen molar-refractivity contribution in [1.29, 1.82) is 0 Å². The molecule has 0 aliphatic heterocycles. The molecule has 0 spiro atoms. The zero-order valence-electron chi connectivity index (χ0n) is 12.5. The number of rotatable bonds is 4. The van der Waals surface area contributed by atoms with Gasteiger partial charge in [-0.1, -0.05) is 0 Å². The van der Waals surface area contributed by atoms with Gasteiger partial charge in [0.25, 0.3) is 5.91 Å².